The Morgan fingerprint density at radius 3 is 1.23 bits per heavy atom. The van der Waals surface area contributed by atoms with E-state index in [1.54, 1.807) is 0 Å². The van der Waals surface area contributed by atoms with Crippen LogP contribution >= 0.6 is 0 Å². The number of carbonyl (C=O) groups excluding carboxylic acids is 2. The molecule has 0 radical (unpaired) electrons. The molecule has 1 amide bonds. The maximum Gasteiger partial charge on any atom is 0.220 e. The molecule has 3 heterocycles. The number of benzene rings is 3. The molecule has 0 fully saturated rings. The van der Waals surface area contributed by atoms with Crippen molar-refractivity contribution in [1.29, 1.82) is 0 Å². The lowest BCUT2D eigenvalue weighted by Gasteiger charge is -2.26. The fourth-order valence-corrected chi connectivity index (χ4v) is 6.81. The second-order valence-corrected chi connectivity index (χ2v) is 21.3. The number of rotatable bonds is 6. The zero-order chi connectivity index (χ0) is 48.4. The molecule has 0 unspecified atom stereocenters. The van der Waals surface area contributed by atoms with Crippen molar-refractivity contribution < 1.29 is 38.0 Å². The van der Waals surface area contributed by atoms with E-state index in [0.717, 1.165) is 39.2 Å². The van der Waals surface area contributed by atoms with Crippen molar-refractivity contribution in [3.8, 4) is 0 Å². The minimum Gasteiger partial charge on any atom is -0.377 e. The highest BCUT2D eigenvalue weighted by atomic mass is 16.5. The third-order valence-electron chi connectivity index (χ3n) is 11.2. The standard InChI is InChI=1S/C33H49NO2.C23H31NO6/c1-30(2,3)24-15-22(16-25(19-24)31(4,5)6)21-34-29(36)14-13-28(35)23-17-26(32(7,8)9)20-27(18-23)33(10,11)12;1-2-22-18-29-14-10-25-8-12-27-16-20-4-6-21(7-5-20)17-28-13-9-26-11-15-30-19-23(3-1)24-22/h15-20H,13-14,21H2,1-12H3,(H,34,36);1-7H,8-19H2. The highest BCUT2D eigenvalue weighted by Crippen LogP contribution is 2.32. The maximum atomic E-state index is 13.1. The second-order valence-electron chi connectivity index (χ2n) is 21.3. The molecule has 66 heavy (non-hydrogen) atoms. The average molecular weight is 909 g/mol. The lowest BCUT2D eigenvalue weighted by Crippen LogP contribution is -2.24. The number of hydrogen-bond acceptors (Lipinski definition) is 9. The summed E-state index contributed by atoms with van der Waals surface area (Å²) in [6.45, 7) is 33.0. The molecule has 0 atom stereocenters. The molecule has 0 saturated carbocycles. The van der Waals surface area contributed by atoms with Crippen LogP contribution in [0.2, 0.25) is 0 Å². The molecule has 0 spiro atoms. The predicted octanol–water partition coefficient (Wildman–Crippen LogP) is 11.1. The van der Waals surface area contributed by atoms with Crippen molar-refractivity contribution in [3.63, 3.8) is 0 Å². The molecule has 2 aliphatic heterocycles. The predicted molar refractivity (Wildman–Crippen MR) is 264 cm³/mol. The highest BCUT2D eigenvalue weighted by Gasteiger charge is 2.23. The van der Waals surface area contributed by atoms with Gasteiger partial charge in [0.1, 0.15) is 0 Å². The van der Waals surface area contributed by atoms with Gasteiger partial charge < -0.3 is 33.7 Å². The number of fused-ring (bicyclic) bond motifs is 18. The van der Waals surface area contributed by atoms with E-state index in [9.17, 15) is 9.59 Å². The number of carbonyl (C=O) groups is 2. The van der Waals surface area contributed by atoms with Crippen LogP contribution in [-0.4, -0.2) is 69.5 Å². The summed E-state index contributed by atoms with van der Waals surface area (Å²) in [6, 6.07) is 27.0. The molecule has 3 aromatic carbocycles. The van der Waals surface area contributed by atoms with Gasteiger partial charge in [-0.3, -0.25) is 14.6 Å². The van der Waals surface area contributed by atoms with Crippen LogP contribution in [-0.2, 0) is 87.8 Å². The third-order valence-corrected chi connectivity index (χ3v) is 11.2. The Morgan fingerprint density at radius 1 is 0.470 bits per heavy atom. The molecule has 10 heteroatoms. The molecule has 1 N–H and O–H groups in total. The van der Waals surface area contributed by atoms with E-state index in [0.29, 0.717) is 91.4 Å². The number of nitrogens with zero attached hydrogens (tertiary/aromatic N) is 1. The van der Waals surface area contributed by atoms with E-state index >= 15 is 0 Å². The van der Waals surface area contributed by atoms with Crippen LogP contribution in [0.5, 0.6) is 0 Å². The number of nitrogens with one attached hydrogen (secondary N) is 1. The van der Waals surface area contributed by atoms with Gasteiger partial charge in [0, 0.05) is 24.9 Å². The van der Waals surface area contributed by atoms with E-state index in [-0.39, 0.29) is 46.2 Å². The van der Waals surface area contributed by atoms with Crippen LogP contribution in [0.1, 0.15) is 157 Å². The van der Waals surface area contributed by atoms with Crippen molar-refractivity contribution in [2.24, 2.45) is 0 Å². The van der Waals surface area contributed by atoms with Crippen molar-refractivity contribution in [2.75, 3.05) is 52.9 Å². The van der Waals surface area contributed by atoms with Gasteiger partial charge in [-0.2, -0.15) is 0 Å². The first-order valence-electron chi connectivity index (χ1n) is 23.7. The van der Waals surface area contributed by atoms with Gasteiger partial charge in [0.2, 0.25) is 5.91 Å². The number of pyridine rings is 1. The molecule has 0 saturated heterocycles. The molecule has 4 bridgehead atoms. The summed E-state index contributed by atoms with van der Waals surface area (Å²) in [5.41, 5.74) is 10.6. The largest absolute Gasteiger partial charge is 0.377 e. The Kier molecular flexibility index (Phi) is 21.2. The number of ether oxygens (including phenoxy) is 6. The van der Waals surface area contributed by atoms with Crippen LogP contribution in [0, 0.1) is 0 Å². The average Bonchev–Trinajstić information content (AvgIpc) is 3.25. The summed E-state index contributed by atoms with van der Waals surface area (Å²) in [4.78, 5) is 30.4. The number of Topliss-reactive ketones (excluding diaryl/α,β-unsaturated/α-hetero) is 1. The van der Waals surface area contributed by atoms with Gasteiger partial charge in [-0.15, -0.1) is 0 Å². The topological polar surface area (TPSA) is 114 Å². The third kappa shape index (κ3) is 19.9. The quantitative estimate of drug-likeness (QED) is 0.149. The van der Waals surface area contributed by atoms with Crippen LogP contribution < -0.4 is 5.32 Å². The summed E-state index contributed by atoms with van der Waals surface area (Å²) in [5, 5.41) is 3.04. The summed E-state index contributed by atoms with van der Waals surface area (Å²) < 4.78 is 33.7. The molecule has 0 aliphatic carbocycles. The van der Waals surface area contributed by atoms with Gasteiger partial charge in [-0.25, -0.2) is 0 Å². The molecule has 4 aromatic rings. The van der Waals surface area contributed by atoms with Crippen molar-refractivity contribution in [3.05, 3.63) is 135 Å². The summed E-state index contributed by atoms with van der Waals surface area (Å²) in [5.74, 6) is -0.0728. The first-order chi connectivity index (χ1) is 31.1. The number of ketones is 1. The number of amides is 1. The smallest absolute Gasteiger partial charge is 0.220 e. The molecule has 10 nitrogen and oxygen atoms in total. The Balaban J connectivity index is 0.000000293. The van der Waals surface area contributed by atoms with Crippen molar-refractivity contribution in [2.45, 2.75) is 151 Å². The highest BCUT2D eigenvalue weighted by molar-refractivity contribution is 5.98. The van der Waals surface area contributed by atoms with E-state index in [1.165, 1.54) is 11.1 Å². The fourth-order valence-electron chi connectivity index (χ4n) is 6.81. The second kappa shape index (κ2) is 25.7. The molecular formula is C56H80N2O8. The molecule has 2 aliphatic rings. The normalized spacial score (nSPS) is 15.7. The molecule has 362 valence electrons. The Labute approximate surface area is 396 Å². The van der Waals surface area contributed by atoms with E-state index < -0.39 is 0 Å². The number of aromatic nitrogens is 1. The van der Waals surface area contributed by atoms with Crippen LogP contribution in [0.25, 0.3) is 0 Å². The summed E-state index contributed by atoms with van der Waals surface area (Å²) in [6.07, 6.45) is 0.396. The van der Waals surface area contributed by atoms with E-state index in [1.807, 2.05) is 30.3 Å². The van der Waals surface area contributed by atoms with Gasteiger partial charge >= 0.3 is 0 Å². The fraction of sp³-hybridized carbons (Fsp3) is 0.554. The SMILES string of the molecule is CC(C)(C)c1cc(CNC(=O)CCC(=O)c2cc(C(C)(C)C)cc(C(C)(C)C)c2)cc(C(C)(C)C)c1.c1cc2nc(c1)COCCOCCOCc1ccc(cc1)COCCOCCOC2. The van der Waals surface area contributed by atoms with Gasteiger partial charge in [0.05, 0.1) is 90.7 Å². The Bertz CT molecular complexity index is 1980. The lowest BCUT2D eigenvalue weighted by molar-refractivity contribution is -0.121. The van der Waals surface area contributed by atoms with Crippen LogP contribution in [0.4, 0.5) is 0 Å². The number of hydrogen-bond donors (Lipinski definition) is 1. The minimum absolute atomic E-state index is 0.0199. The van der Waals surface area contributed by atoms with Gasteiger partial charge in [0.25, 0.3) is 0 Å². The minimum atomic E-state index is -0.0927. The van der Waals surface area contributed by atoms with Gasteiger partial charge in [-0.05, 0) is 84.9 Å². The molecular weight excluding hydrogens is 829 g/mol. The van der Waals surface area contributed by atoms with Crippen molar-refractivity contribution >= 4 is 11.7 Å². The lowest BCUT2D eigenvalue weighted by atomic mass is 9.79. The summed E-state index contributed by atoms with van der Waals surface area (Å²) in [7, 11) is 0. The zero-order valence-electron chi connectivity index (χ0n) is 42.3. The Morgan fingerprint density at radius 2 is 0.833 bits per heavy atom. The van der Waals surface area contributed by atoms with Crippen LogP contribution in [0.3, 0.4) is 0 Å². The maximum absolute atomic E-state index is 13.1. The zero-order valence-corrected chi connectivity index (χ0v) is 42.3. The van der Waals surface area contributed by atoms with Crippen LogP contribution in [0.15, 0.2) is 78.9 Å². The first-order valence-corrected chi connectivity index (χ1v) is 23.7. The molecule has 1 aromatic heterocycles. The monoisotopic (exact) mass is 909 g/mol. The van der Waals surface area contributed by atoms with Crippen molar-refractivity contribution in [1.82, 2.24) is 10.3 Å². The van der Waals surface area contributed by atoms with Gasteiger partial charge in [-0.1, -0.05) is 138 Å². The Hall–Kier alpha value is -4.29. The van der Waals surface area contributed by atoms with Gasteiger partial charge in [0.15, 0.2) is 5.78 Å². The van der Waals surface area contributed by atoms with E-state index in [4.69, 9.17) is 28.4 Å². The summed E-state index contributed by atoms with van der Waals surface area (Å²) >= 11 is 0. The van der Waals surface area contributed by atoms with E-state index in [2.05, 4.69) is 142 Å². The first kappa shape index (κ1) is 54.3. The molecule has 6 rings (SSSR count).